The normalized spacial score (nSPS) is 16.5. The van der Waals surface area contributed by atoms with E-state index in [9.17, 15) is 4.79 Å². The van der Waals surface area contributed by atoms with Crippen molar-refractivity contribution in [3.05, 3.63) is 34.9 Å². The largest absolute Gasteiger partial charge is 0.352 e. The molecule has 1 amide bonds. The summed E-state index contributed by atoms with van der Waals surface area (Å²) in [4.78, 5) is 11.7. The number of benzene rings is 1. The van der Waals surface area contributed by atoms with Crippen molar-refractivity contribution in [1.29, 1.82) is 0 Å². The number of nitrogens with one attached hydrogen (secondary N) is 1. The van der Waals surface area contributed by atoms with Gasteiger partial charge in [0.1, 0.15) is 0 Å². The molecular formula is C12H15NO. The van der Waals surface area contributed by atoms with Crippen molar-refractivity contribution < 1.29 is 4.79 Å². The molecule has 1 aliphatic heterocycles. The highest BCUT2D eigenvalue weighted by molar-refractivity contribution is 5.96. The second kappa shape index (κ2) is 3.82. The van der Waals surface area contributed by atoms with Crippen LogP contribution in [0, 0.1) is 6.92 Å². The first-order valence-electron chi connectivity index (χ1n) is 5.15. The summed E-state index contributed by atoms with van der Waals surface area (Å²) in [6.45, 7) is 2.83. The van der Waals surface area contributed by atoms with E-state index in [2.05, 4.69) is 17.4 Å². The fourth-order valence-electron chi connectivity index (χ4n) is 1.86. The summed E-state index contributed by atoms with van der Waals surface area (Å²) in [6.07, 6.45) is 3.28. The first-order valence-corrected chi connectivity index (χ1v) is 5.15. The van der Waals surface area contributed by atoms with E-state index in [4.69, 9.17) is 0 Å². The maximum absolute atomic E-state index is 11.7. The van der Waals surface area contributed by atoms with Gasteiger partial charge in [-0.15, -0.1) is 0 Å². The first kappa shape index (κ1) is 9.25. The molecule has 2 nitrogen and oxygen atoms in total. The molecule has 1 aromatic carbocycles. The van der Waals surface area contributed by atoms with E-state index in [0.29, 0.717) is 0 Å². The van der Waals surface area contributed by atoms with Crippen LogP contribution < -0.4 is 5.32 Å². The number of carbonyl (C=O) groups is 1. The Hall–Kier alpha value is -1.31. The Kier molecular flexibility index (Phi) is 2.53. The lowest BCUT2D eigenvalue weighted by atomic mass is 9.97. The van der Waals surface area contributed by atoms with Crippen LogP contribution in [0.15, 0.2) is 18.2 Å². The van der Waals surface area contributed by atoms with Crippen molar-refractivity contribution in [1.82, 2.24) is 5.32 Å². The molecular weight excluding hydrogens is 174 g/mol. The molecule has 1 N–H and O–H groups in total. The third-order valence-corrected chi connectivity index (χ3v) is 2.67. The van der Waals surface area contributed by atoms with Crippen LogP contribution in [0.5, 0.6) is 0 Å². The Bertz CT molecular complexity index is 357. The van der Waals surface area contributed by atoms with E-state index in [-0.39, 0.29) is 5.91 Å². The minimum absolute atomic E-state index is 0.0865. The van der Waals surface area contributed by atoms with Crippen LogP contribution in [-0.4, -0.2) is 12.5 Å². The molecule has 2 rings (SSSR count). The van der Waals surface area contributed by atoms with Gasteiger partial charge < -0.3 is 5.32 Å². The van der Waals surface area contributed by atoms with Crippen molar-refractivity contribution in [2.75, 3.05) is 6.54 Å². The molecule has 74 valence electrons. The Balaban J connectivity index is 2.41. The third kappa shape index (κ3) is 1.79. The Morgan fingerprint density at radius 1 is 1.29 bits per heavy atom. The zero-order valence-corrected chi connectivity index (χ0v) is 8.47. The van der Waals surface area contributed by atoms with Crippen molar-refractivity contribution in [2.45, 2.75) is 26.2 Å². The molecule has 2 heteroatoms. The van der Waals surface area contributed by atoms with Crippen molar-refractivity contribution in [2.24, 2.45) is 0 Å². The van der Waals surface area contributed by atoms with Crippen LogP contribution in [0.4, 0.5) is 0 Å². The highest BCUT2D eigenvalue weighted by atomic mass is 16.1. The van der Waals surface area contributed by atoms with Gasteiger partial charge in [-0.05, 0) is 37.8 Å². The van der Waals surface area contributed by atoms with Crippen LogP contribution in [0.2, 0.25) is 0 Å². The van der Waals surface area contributed by atoms with Gasteiger partial charge in [-0.3, -0.25) is 4.79 Å². The molecule has 0 spiro atoms. The quantitative estimate of drug-likeness (QED) is 0.665. The van der Waals surface area contributed by atoms with Crippen LogP contribution in [0.25, 0.3) is 0 Å². The number of carbonyl (C=O) groups excluding carboxylic acids is 1. The molecule has 14 heavy (non-hydrogen) atoms. The van der Waals surface area contributed by atoms with E-state index in [1.54, 1.807) is 0 Å². The van der Waals surface area contributed by atoms with Gasteiger partial charge >= 0.3 is 0 Å². The molecule has 0 aliphatic carbocycles. The van der Waals surface area contributed by atoms with Gasteiger partial charge in [-0.25, -0.2) is 0 Å². The minimum atomic E-state index is 0.0865. The van der Waals surface area contributed by atoms with Crippen LogP contribution >= 0.6 is 0 Å². The summed E-state index contributed by atoms with van der Waals surface area (Å²) in [6, 6.07) is 6.14. The van der Waals surface area contributed by atoms with Gasteiger partial charge in [0.25, 0.3) is 5.91 Å². The zero-order valence-electron chi connectivity index (χ0n) is 8.47. The lowest BCUT2D eigenvalue weighted by molar-refractivity contribution is 0.0950. The highest BCUT2D eigenvalue weighted by Crippen LogP contribution is 2.16. The molecule has 1 aliphatic rings. The molecule has 0 bridgehead atoms. The van der Waals surface area contributed by atoms with E-state index in [1.165, 1.54) is 5.56 Å². The molecule has 0 aromatic heterocycles. The number of hydrogen-bond donors (Lipinski definition) is 1. The van der Waals surface area contributed by atoms with E-state index in [0.717, 1.165) is 36.9 Å². The third-order valence-electron chi connectivity index (χ3n) is 2.67. The number of aryl methyl sites for hydroxylation is 2. The molecule has 1 heterocycles. The van der Waals surface area contributed by atoms with Crippen LogP contribution in [-0.2, 0) is 6.42 Å². The fraction of sp³-hybridized carbons (Fsp3) is 0.417. The second-order valence-corrected chi connectivity index (χ2v) is 3.87. The molecule has 1 aromatic rings. The van der Waals surface area contributed by atoms with Gasteiger partial charge in [0.05, 0.1) is 0 Å². The first-order chi connectivity index (χ1) is 6.77. The molecule has 0 saturated heterocycles. The monoisotopic (exact) mass is 189 g/mol. The van der Waals surface area contributed by atoms with Crippen LogP contribution in [0.3, 0.4) is 0 Å². The maximum atomic E-state index is 11.7. The Morgan fingerprint density at radius 2 is 2.14 bits per heavy atom. The predicted molar refractivity (Wildman–Crippen MR) is 56.5 cm³/mol. The Morgan fingerprint density at radius 3 is 3.00 bits per heavy atom. The van der Waals surface area contributed by atoms with E-state index >= 15 is 0 Å². The predicted octanol–water partition coefficient (Wildman–Crippen LogP) is 2.06. The maximum Gasteiger partial charge on any atom is 0.251 e. The summed E-state index contributed by atoms with van der Waals surface area (Å²) in [5.41, 5.74) is 3.21. The molecule has 0 radical (unpaired) electrons. The summed E-state index contributed by atoms with van der Waals surface area (Å²) < 4.78 is 0. The van der Waals surface area contributed by atoms with Gasteiger partial charge in [-0.1, -0.05) is 17.7 Å². The standard InChI is InChI=1S/C12H15NO/c1-9-5-6-10-4-2-3-7-13-12(14)11(10)8-9/h5-6,8H,2-4,7H2,1H3,(H,13,14). The molecule has 0 saturated carbocycles. The second-order valence-electron chi connectivity index (χ2n) is 3.87. The summed E-state index contributed by atoms with van der Waals surface area (Å²) in [5, 5.41) is 2.93. The summed E-state index contributed by atoms with van der Waals surface area (Å²) in [7, 11) is 0. The van der Waals surface area contributed by atoms with E-state index < -0.39 is 0 Å². The molecule has 0 fully saturated rings. The SMILES string of the molecule is Cc1ccc2c(c1)C(=O)NCCCC2. The molecule has 0 unspecified atom stereocenters. The number of rotatable bonds is 0. The van der Waals surface area contributed by atoms with Gasteiger partial charge in [0.2, 0.25) is 0 Å². The average Bonchev–Trinajstić information content (AvgIpc) is 2.16. The zero-order chi connectivity index (χ0) is 9.97. The smallest absolute Gasteiger partial charge is 0.251 e. The molecule has 0 atom stereocenters. The topological polar surface area (TPSA) is 29.1 Å². The van der Waals surface area contributed by atoms with Gasteiger partial charge in [0, 0.05) is 12.1 Å². The van der Waals surface area contributed by atoms with Gasteiger partial charge in [-0.2, -0.15) is 0 Å². The van der Waals surface area contributed by atoms with Crippen molar-refractivity contribution >= 4 is 5.91 Å². The number of fused-ring (bicyclic) bond motifs is 1. The van der Waals surface area contributed by atoms with E-state index in [1.807, 2.05) is 13.0 Å². The Labute approximate surface area is 84.3 Å². The van der Waals surface area contributed by atoms with Gasteiger partial charge in [0.15, 0.2) is 0 Å². The summed E-state index contributed by atoms with van der Waals surface area (Å²) in [5.74, 6) is 0.0865. The minimum Gasteiger partial charge on any atom is -0.352 e. The number of hydrogen-bond acceptors (Lipinski definition) is 1. The highest BCUT2D eigenvalue weighted by Gasteiger charge is 2.13. The number of amides is 1. The van der Waals surface area contributed by atoms with Crippen molar-refractivity contribution in [3.8, 4) is 0 Å². The lowest BCUT2D eigenvalue weighted by Gasteiger charge is -2.14. The fourth-order valence-corrected chi connectivity index (χ4v) is 1.86. The lowest BCUT2D eigenvalue weighted by Crippen LogP contribution is -2.27. The summed E-state index contributed by atoms with van der Waals surface area (Å²) >= 11 is 0. The van der Waals surface area contributed by atoms with Crippen LogP contribution in [0.1, 0.15) is 34.3 Å². The average molecular weight is 189 g/mol. The van der Waals surface area contributed by atoms with Crippen molar-refractivity contribution in [3.63, 3.8) is 0 Å².